The fraction of sp³-hybridized carbons (Fsp3) is 0.500. The maximum atomic E-state index is 15.0. The van der Waals surface area contributed by atoms with E-state index in [1.54, 1.807) is 0 Å². The molecule has 1 saturated carbocycles. The minimum absolute atomic E-state index is 0.124. The van der Waals surface area contributed by atoms with Crippen molar-refractivity contribution in [3.8, 4) is 5.75 Å². The zero-order valence-corrected chi connectivity index (χ0v) is 19.1. The molecule has 172 valence electrons. The molecule has 0 bridgehead atoms. The summed E-state index contributed by atoms with van der Waals surface area (Å²) in [6.45, 7) is 1.44. The molecule has 2 heterocycles. The summed E-state index contributed by atoms with van der Waals surface area (Å²) in [6, 6.07) is 13.6. The Morgan fingerprint density at radius 2 is 1.91 bits per heavy atom. The Hall–Kier alpha value is -2.16. The second-order valence-electron chi connectivity index (χ2n) is 9.29. The van der Waals surface area contributed by atoms with Crippen LogP contribution in [-0.4, -0.2) is 53.0 Å². The van der Waals surface area contributed by atoms with Crippen LogP contribution in [0.3, 0.4) is 0 Å². The van der Waals surface area contributed by atoms with Gasteiger partial charge in [-0.25, -0.2) is 17.5 Å². The maximum absolute atomic E-state index is 15.0. The van der Waals surface area contributed by atoms with Gasteiger partial charge in [0.2, 0.25) is 10.0 Å². The lowest BCUT2D eigenvalue weighted by molar-refractivity contribution is 0.218. The number of likely N-dealkylation sites (N-methyl/N-ethyl adjacent to an activating group) is 1. The molecular weight excluding hydrogens is 429 g/mol. The van der Waals surface area contributed by atoms with Crippen molar-refractivity contribution in [2.45, 2.75) is 37.3 Å². The van der Waals surface area contributed by atoms with Crippen LogP contribution in [0.2, 0.25) is 0 Å². The van der Waals surface area contributed by atoms with Crippen LogP contribution in [0.4, 0.5) is 10.1 Å². The molecule has 6 nitrogen and oxygen atoms in total. The van der Waals surface area contributed by atoms with Crippen molar-refractivity contribution in [1.29, 1.82) is 0 Å². The summed E-state index contributed by atoms with van der Waals surface area (Å²) < 4.78 is 48.1. The molecule has 5 rings (SSSR count). The predicted molar refractivity (Wildman–Crippen MR) is 123 cm³/mol. The van der Waals surface area contributed by atoms with E-state index in [9.17, 15) is 12.8 Å². The van der Waals surface area contributed by atoms with E-state index in [-0.39, 0.29) is 29.6 Å². The first kappa shape index (κ1) is 21.7. The van der Waals surface area contributed by atoms with Crippen molar-refractivity contribution in [1.82, 2.24) is 10.0 Å². The normalized spacial score (nSPS) is 23.4. The number of sulfonamides is 1. The van der Waals surface area contributed by atoms with Crippen molar-refractivity contribution in [2.75, 3.05) is 37.4 Å². The number of rotatable bonds is 8. The number of hydrogen-bond donors (Lipinski definition) is 2. The average Bonchev–Trinajstić information content (AvgIpc) is 3.54. The van der Waals surface area contributed by atoms with Crippen LogP contribution in [0.5, 0.6) is 5.75 Å². The Morgan fingerprint density at radius 1 is 1.16 bits per heavy atom. The Balaban J connectivity index is 1.33. The van der Waals surface area contributed by atoms with Crippen molar-refractivity contribution < 1.29 is 17.5 Å². The van der Waals surface area contributed by atoms with Crippen LogP contribution < -0.4 is 19.7 Å². The zero-order chi connectivity index (χ0) is 22.3. The van der Waals surface area contributed by atoms with E-state index in [1.165, 1.54) is 11.6 Å². The maximum Gasteiger partial charge on any atom is 0.212 e. The van der Waals surface area contributed by atoms with Crippen LogP contribution in [0, 0.1) is 11.7 Å². The molecule has 2 unspecified atom stereocenters. The highest BCUT2D eigenvalue weighted by atomic mass is 32.2. The minimum Gasteiger partial charge on any atom is -0.492 e. The topological polar surface area (TPSA) is 70.7 Å². The van der Waals surface area contributed by atoms with E-state index in [0.29, 0.717) is 37.1 Å². The van der Waals surface area contributed by atoms with Crippen molar-refractivity contribution in [2.24, 2.45) is 5.92 Å². The lowest BCUT2D eigenvalue weighted by Crippen LogP contribution is -2.60. The summed E-state index contributed by atoms with van der Waals surface area (Å²) in [5.74, 6) is 0.939. The van der Waals surface area contributed by atoms with Gasteiger partial charge < -0.3 is 15.0 Å². The van der Waals surface area contributed by atoms with Crippen LogP contribution in [0.15, 0.2) is 42.5 Å². The Morgan fingerprint density at radius 3 is 2.59 bits per heavy atom. The number of benzene rings is 2. The molecule has 1 saturated heterocycles. The van der Waals surface area contributed by atoms with Gasteiger partial charge in [0.15, 0.2) is 0 Å². The molecule has 1 aliphatic carbocycles. The molecule has 0 radical (unpaired) electrons. The summed E-state index contributed by atoms with van der Waals surface area (Å²) in [6.07, 6.45) is 2.83. The van der Waals surface area contributed by atoms with Crippen molar-refractivity contribution in [3.05, 3.63) is 59.4 Å². The third kappa shape index (κ3) is 4.63. The summed E-state index contributed by atoms with van der Waals surface area (Å²) in [5, 5.41) is 3.35. The fourth-order valence-corrected chi connectivity index (χ4v) is 6.49. The Bertz CT molecular complexity index is 1070. The predicted octanol–water partition coefficient (Wildman–Crippen LogP) is 2.65. The number of halogens is 1. The molecular formula is C24H30FN3O3S. The van der Waals surface area contributed by atoms with Gasteiger partial charge in [-0.05, 0) is 43.9 Å². The highest BCUT2D eigenvalue weighted by Crippen LogP contribution is 2.40. The van der Waals surface area contributed by atoms with Gasteiger partial charge in [-0.3, -0.25) is 0 Å². The molecule has 2 aromatic carbocycles. The van der Waals surface area contributed by atoms with Gasteiger partial charge in [0.05, 0.1) is 17.5 Å². The molecule has 0 aromatic heterocycles. The third-order valence-corrected chi connectivity index (χ3v) is 8.38. The first-order chi connectivity index (χ1) is 15.4. The van der Waals surface area contributed by atoms with E-state index in [1.807, 2.05) is 36.2 Å². The SMILES string of the molecule is CNC1COc2cc(F)c(N3CC(NS(=O)(=O)CC4CC4)C3)cc2C1Cc1ccccc1. The summed E-state index contributed by atoms with van der Waals surface area (Å²) in [7, 11) is -1.34. The molecule has 2 atom stereocenters. The number of ether oxygens (including phenoxy) is 1. The molecule has 2 fully saturated rings. The van der Waals surface area contributed by atoms with Gasteiger partial charge in [-0.1, -0.05) is 30.3 Å². The molecule has 8 heteroatoms. The zero-order valence-electron chi connectivity index (χ0n) is 18.3. The second-order valence-corrected chi connectivity index (χ2v) is 11.1. The Kier molecular flexibility index (Phi) is 5.86. The molecule has 32 heavy (non-hydrogen) atoms. The van der Waals surface area contributed by atoms with Gasteiger partial charge in [-0.2, -0.15) is 0 Å². The van der Waals surface area contributed by atoms with Gasteiger partial charge >= 0.3 is 0 Å². The molecule has 0 spiro atoms. The van der Waals surface area contributed by atoms with Gasteiger partial charge in [0, 0.05) is 36.7 Å². The van der Waals surface area contributed by atoms with Gasteiger partial charge in [-0.15, -0.1) is 0 Å². The lowest BCUT2D eigenvalue weighted by atomic mass is 9.83. The molecule has 2 aromatic rings. The highest BCUT2D eigenvalue weighted by molar-refractivity contribution is 7.89. The monoisotopic (exact) mass is 459 g/mol. The number of hydrogen-bond acceptors (Lipinski definition) is 5. The molecule has 3 aliphatic rings. The van der Waals surface area contributed by atoms with Crippen molar-refractivity contribution in [3.63, 3.8) is 0 Å². The first-order valence-electron chi connectivity index (χ1n) is 11.3. The average molecular weight is 460 g/mol. The summed E-state index contributed by atoms with van der Waals surface area (Å²) in [5.41, 5.74) is 2.74. The van der Waals surface area contributed by atoms with Crippen LogP contribution in [-0.2, 0) is 16.4 Å². The van der Waals surface area contributed by atoms with E-state index < -0.39 is 10.0 Å². The van der Waals surface area contributed by atoms with Crippen LogP contribution in [0.1, 0.15) is 29.9 Å². The molecule has 2 N–H and O–H groups in total. The fourth-order valence-electron chi connectivity index (χ4n) is 4.78. The number of nitrogens with one attached hydrogen (secondary N) is 2. The Labute approximate surface area is 189 Å². The van der Waals surface area contributed by atoms with E-state index >= 15 is 0 Å². The number of nitrogens with zero attached hydrogens (tertiary/aromatic N) is 1. The smallest absolute Gasteiger partial charge is 0.212 e. The molecule has 0 amide bonds. The summed E-state index contributed by atoms with van der Waals surface area (Å²) in [4.78, 5) is 1.91. The number of fused-ring (bicyclic) bond motifs is 1. The van der Waals surface area contributed by atoms with Crippen molar-refractivity contribution >= 4 is 15.7 Å². The van der Waals surface area contributed by atoms with Gasteiger partial charge in [0.1, 0.15) is 18.2 Å². The first-order valence-corrected chi connectivity index (χ1v) is 13.0. The largest absolute Gasteiger partial charge is 0.492 e. The lowest BCUT2D eigenvalue weighted by Gasteiger charge is -2.42. The molecule has 2 aliphatic heterocycles. The third-order valence-electron chi connectivity index (χ3n) is 6.77. The standard InChI is InChI=1S/C24H30FN3O3S/c1-26-22-14-31-24-11-21(25)23(10-20(24)19(22)9-16-5-3-2-4-6-16)28-12-18(13-28)27-32(29,30)15-17-7-8-17/h2-6,10-11,17-19,22,26-27H,7-9,12-15H2,1H3. The van der Waals surface area contributed by atoms with Crippen LogP contribution >= 0.6 is 0 Å². The minimum atomic E-state index is -3.26. The van der Waals surface area contributed by atoms with Gasteiger partial charge in [0.25, 0.3) is 0 Å². The van der Waals surface area contributed by atoms with Crippen LogP contribution in [0.25, 0.3) is 0 Å². The van der Waals surface area contributed by atoms with E-state index in [2.05, 4.69) is 22.2 Å². The van der Waals surface area contributed by atoms with E-state index in [4.69, 9.17) is 4.74 Å². The second kappa shape index (κ2) is 8.65. The quantitative estimate of drug-likeness (QED) is 0.635. The van der Waals surface area contributed by atoms with E-state index in [0.717, 1.165) is 24.8 Å². The summed E-state index contributed by atoms with van der Waals surface area (Å²) >= 11 is 0. The highest BCUT2D eigenvalue weighted by Gasteiger charge is 2.37. The number of anilines is 1.